The number of anilines is 1. The summed E-state index contributed by atoms with van der Waals surface area (Å²) in [5, 5.41) is 11.9. The third kappa shape index (κ3) is 3.59. The predicted octanol–water partition coefficient (Wildman–Crippen LogP) is 4.45. The van der Waals surface area contributed by atoms with Gasteiger partial charge in [0.15, 0.2) is 0 Å². The largest absolute Gasteiger partial charge is 0.351 e. The maximum absolute atomic E-state index is 4.93. The Labute approximate surface area is 157 Å². The molecule has 2 aliphatic rings. The molecule has 1 aliphatic heterocycles. The van der Waals surface area contributed by atoms with Crippen molar-refractivity contribution < 1.29 is 0 Å². The zero-order valence-corrected chi connectivity index (χ0v) is 16.3. The van der Waals surface area contributed by atoms with Gasteiger partial charge < -0.3 is 10.6 Å². The third-order valence-electron chi connectivity index (χ3n) is 6.37. The van der Waals surface area contributed by atoms with E-state index < -0.39 is 0 Å². The van der Waals surface area contributed by atoms with E-state index in [9.17, 15) is 0 Å². The molecule has 3 heterocycles. The highest BCUT2D eigenvalue weighted by atomic mass is 15.3. The van der Waals surface area contributed by atoms with E-state index in [0.29, 0.717) is 17.9 Å². The lowest BCUT2D eigenvalue weighted by molar-refractivity contribution is 0.431. The molecule has 2 N–H and O–H groups in total. The van der Waals surface area contributed by atoms with Crippen LogP contribution in [0.4, 0.5) is 5.95 Å². The first-order valence-corrected chi connectivity index (χ1v) is 10.6. The third-order valence-corrected chi connectivity index (χ3v) is 6.37. The van der Waals surface area contributed by atoms with Gasteiger partial charge >= 0.3 is 0 Å². The van der Waals surface area contributed by atoms with Gasteiger partial charge in [-0.25, -0.2) is 9.50 Å². The number of rotatable bonds is 5. The van der Waals surface area contributed by atoms with Crippen LogP contribution in [-0.2, 0) is 0 Å². The Hall–Kier alpha value is -1.62. The summed E-state index contributed by atoms with van der Waals surface area (Å²) in [6.07, 6.45) is 12.3. The van der Waals surface area contributed by atoms with Crippen molar-refractivity contribution >= 4 is 11.5 Å². The summed E-state index contributed by atoms with van der Waals surface area (Å²) >= 11 is 0. The highest BCUT2D eigenvalue weighted by Crippen LogP contribution is 2.38. The summed E-state index contributed by atoms with van der Waals surface area (Å²) in [6, 6.07) is 2.87. The Balaban J connectivity index is 1.74. The molecule has 1 saturated heterocycles. The van der Waals surface area contributed by atoms with Gasteiger partial charge in [-0.15, -0.1) is 5.10 Å². The number of nitrogens with one attached hydrogen (secondary N) is 2. The summed E-state index contributed by atoms with van der Waals surface area (Å²) in [5.41, 5.74) is 4.12. The Morgan fingerprint density at radius 3 is 2.65 bits per heavy atom. The minimum Gasteiger partial charge on any atom is -0.351 e. The number of fused-ring (bicyclic) bond motifs is 1. The van der Waals surface area contributed by atoms with E-state index in [1.807, 2.05) is 0 Å². The maximum atomic E-state index is 4.93. The lowest BCUT2D eigenvalue weighted by Gasteiger charge is -2.22. The van der Waals surface area contributed by atoms with Crippen LogP contribution in [0.25, 0.3) is 5.52 Å². The molecule has 2 aromatic heterocycles. The molecule has 1 atom stereocenters. The molecule has 4 rings (SSSR count). The molecule has 0 spiro atoms. The maximum Gasteiger partial charge on any atom is 0.241 e. The Morgan fingerprint density at radius 2 is 1.92 bits per heavy atom. The predicted molar refractivity (Wildman–Crippen MR) is 107 cm³/mol. The van der Waals surface area contributed by atoms with Gasteiger partial charge in [0, 0.05) is 17.7 Å². The van der Waals surface area contributed by atoms with Crippen LogP contribution in [0.2, 0.25) is 0 Å². The molecule has 5 heteroatoms. The first-order valence-electron chi connectivity index (χ1n) is 10.6. The fourth-order valence-electron chi connectivity index (χ4n) is 4.58. The van der Waals surface area contributed by atoms with Crippen molar-refractivity contribution in [2.45, 2.75) is 83.1 Å². The smallest absolute Gasteiger partial charge is 0.241 e. The van der Waals surface area contributed by atoms with E-state index in [0.717, 1.165) is 25.5 Å². The Bertz CT molecular complexity index is 725. The fourth-order valence-corrected chi connectivity index (χ4v) is 4.58. The SMILES string of the molecule is CC[C@H](C)Nc1ncc2c(C3CCNCC3)cc(C3CCCCC3)n2n1. The van der Waals surface area contributed by atoms with Gasteiger partial charge in [0.2, 0.25) is 5.95 Å². The number of hydrogen-bond donors (Lipinski definition) is 2. The Kier molecular flexibility index (Phi) is 5.44. The second kappa shape index (κ2) is 7.95. The standard InChI is InChI=1S/C21H33N5/c1-3-15(2)24-21-23-14-20-18(16-9-11-22-12-10-16)13-19(26(20)25-21)17-7-5-4-6-8-17/h13-17,22H,3-12H2,1-2H3,(H,24,25)/t15-/m0/s1. The summed E-state index contributed by atoms with van der Waals surface area (Å²) in [6.45, 7) is 6.62. The van der Waals surface area contributed by atoms with Gasteiger partial charge in [-0.05, 0) is 69.7 Å². The van der Waals surface area contributed by atoms with E-state index in [4.69, 9.17) is 5.10 Å². The molecule has 0 bridgehead atoms. The molecule has 0 unspecified atom stereocenters. The van der Waals surface area contributed by atoms with Crippen molar-refractivity contribution in [3.63, 3.8) is 0 Å². The highest BCUT2D eigenvalue weighted by Gasteiger charge is 2.26. The monoisotopic (exact) mass is 355 g/mol. The molecule has 1 saturated carbocycles. The molecule has 5 nitrogen and oxygen atoms in total. The van der Waals surface area contributed by atoms with E-state index in [2.05, 4.69) is 46.2 Å². The minimum absolute atomic E-state index is 0.394. The van der Waals surface area contributed by atoms with E-state index in [1.165, 1.54) is 61.7 Å². The lowest BCUT2D eigenvalue weighted by atomic mass is 9.86. The summed E-state index contributed by atoms with van der Waals surface area (Å²) in [7, 11) is 0. The highest BCUT2D eigenvalue weighted by molar-refractivity contribution is 5.58. The Morgan fingerprint density at radius 1 is 1.15 bits per heavy atom. The topological polar surface area (TPSA) is 54.2 Å². The van der Waals surface area contributed by atoms with Gasteiger partial charge in [0.1, 0.15) is 0 Å². The van der Waals surface area contributed by atoms with Gasteiger partial charge in [-0.1, -0.05) is 26.2 Å². The van der Waals surface area contributed by atoms with Crippen LogP contribution < -0.4 is 10.6 Å². The number of aromatic nitrogens is 3. The zero-order valence-electron chi connectivity index (χ0n) is 16.3. The average Bonchev–Trinajstić information content (AvgIpc) is 3.08. The van der Waals surface area contributed by atoms with Crippen LogP contribution >= 0.6 is 0 Å². The molecule has 2 aromatic rings. The molecular formula is C21H33N5. The normalized spacial score (nSPS) is 21.2. The molecule has 1 aliphatic carbocycles. The van der Waals surface area contributed by atoms with Gasteiger partial charge in [0.05, 0.1) is 11.7 Å². The average molecular weight is 356 g/mol. The molecule has 0 radical (unpaired) electrons. The van der Waals surface area contributed by atoms with Crippen LogP contribution in [-0.4, -0.2) is 33.7 Å². The molecule has 26 heavy (non-hydrogen) atoms. The van der Waals surface area contributed by atoms with Crippen molar-refractivity contribution in [2.24, 2.45) is 0 Å². The molecule has 2 fully saturated rings. The van der Waals surface area contributed by atoms with Gasteiger partial charge in [0.25, 0.3) is 0 Å². The summed E-state index contributed by atoms with van der Waals surface area (Å²) in [5.74, 6) is 2.05. The van der Waals surface area contributed by atoms with Crippen molar-refractivity contribution in [3.05, 3.63) is 23.5 Å². The summed E-state index contributed by atoms with van der Waals surface area (Å²) < 4.78 is 2.23. The van der Waals surface area contributed by atoms with Crippen LogP contribution in [0.1, 0.15) is 88.3 Å². The van der Waals surface area contributed by atoms with Gasteiger partial charge in [-0.3, -0.25) is 0 Å². The second-order valence-electron chi connectivity index (χ2n) is 8.22. The molecule has 0 aromatic carbocycles. The molecule has 0 amide bonds. The van der Waals surface area contributed by atoms with Crippen LogP contribution in [0, 0.1) is 0 Å². The second-order valence-corrected chi connectivity index (χ2v) is 8.22. The number of nitrogens with zero attached hydrogens (tertiary/aromatic N) is 3. The molecular weight excluding hydrogens is 322 g/mol. The first kappa shape index (κ1) is 17.8. The van der Waals surface area contributed by atoms with E-state index in [1.54, 1.807) is 0 Å². The zero-order chi connectivity index (χ0) is 17.9. The van der Waals surface area contributed by atoms with E-state index in [-0.39, 0.29) is 0 Å². The fraction of sp³-hybridized carbons (Fsp3) is 0.714. The minimum atomic E-state index is 0.394. The van der Waals surface area contributed by atoms with E-state index >= 15 is 0 Å². The van der Waals surface area contributed by atoms with Gasteiger partial charge in [-0.2, -0.15) is 0 Å². The van der Waals surface area contributed by atoms with Crippen molar-refractivity contribution in [3.8, 4) is 0 Å². The van der Waals surface area contributed by atoms with Crippen molar-refractivity contribution in [1.29, 1.82) is 0 Å². The van der Waals surface area contributed by atoms with Crippen molar-refractivity contribution in [1.82, 2.24) is 19.9 Å². The van der Waals surface area contributed by atoms with Crippen LogP contribution in [0.5, 0.6) is 0 Å². The molecule has 142 valence electrons. The first-order chi connectivity index (χ1) is 12.8. The van der Waals surface area contributed by atoms with Crippen LogP contribution in [0.3, 0.4) is 0 Å². The summed E-state index contributed by atoms with van der Waals surface area (Å²) in [4.78, 5) is 4.65. The van der Waals surface area contributed by atoms with Crippen molar-refractivity contribution in [2.75, 3.05) is 18.4 Å². The lowest BCUT2D eigenvalue weighted by Crippen LogP contribution is -2.26. The quantitative estimate of drug-likeness (QED) is 0.832. The number of hydrogen-bond acceptors (Lipinski definition) is 4. The van der Waals surface area contributed by atoms with Crippen LogP contribution in [0.15, 0.2) is 12.3 Å². The number of piperidine rings is 1.